The van der Waals surface area contributed by atoms with Crippen molar-refractivity contribution in [1.29, 1.82) is 0 Å². The first kappa shape index (κ1) is 14.6. The predicted molar refractivity (Wildman–Crippen MR) is 78.3 cm³/mol. The third kappa shape index (κ3) is 2.88. The standard InChI is InChI=1S/C15H29N3O/c1-12(2)16(5)14(19)17-9-8-15(6-7-15)18(11-10-17)13(3)4/h12-13H,6-11H2,1-5H3. The molecule has 0 aromatic carbocycles. The van der Waals surface area contributed by atoms with Crippen LogP contribution < -0.4 is 0 Å². The van der Waals surface area contributed by atoms with Gasteiger partial charge in [0.25, 0.3) is 0 Å². The summed E-state index contributed by atoms with van der Waals surface area (Å²) < 4.78 is 0. The van der Waals surface area contributed by atoms with Gasteiger partial charge in [0.05, 0.1) is 0 Å². The molecule has 1 saturated heterocycles. The minimum atomic E-state index is 0.191. The van der Waals surface area contributed by atoms with Crippen molar-refractivity contribution < 1.29 is 4.79 Å². The van der Waals surface area contributed by atoms with E-state index in [9.17, 15) is 4.79 Å². The summed E-state index contributed by atoms with van der Waals surface area (Å²) in [5.74, 6) is 0. The first-order chi connectivity index (χ1) is 8.87. The molecule has 0 unspecified atom stereocenters. The summed E-state index contributed by atoms with van der Waals surface area (Å²) in [5, 5.41) is 0. The van der Waals surface area contributed by atoms with E-state index in [-0.39, 0.29) is 12.1 Å². The number of rotatable bonds is 2. The second-order valence-electron chi connectivity index (χ2n) is 6.74. The van der Waals surface area contributed by atoms with Gasteiger partial charge in [-0.2, -0.15) is 0 Å². The van der Waals surface area contributed by atoms with Crippen LogP contribution in [0.25, 0.3) is 0 Å². The van der Waals surface area contributed by atoms with Crippen LogP contribution in [0.4, 0.5) is 4.79 Å². The molecule has 0 aromatic rings. The second kappa shape index (κ2) is 5.31. The van der Waals surface area contributed by atoms with E-state index < -0.39 is 0 Å². The molecule has 2 amide bonds. The van der Waals surface area contributed by atoms with Crippen molar-refractivity contribution in [1.82, 2.24) is 14.7 Å². The predicted octanol–water partition coefficient (Wildman–Crippen LogP) is 2.40. The first-order valence-corrected chi connectivity index (χ1v) is 7.66. The lowest BCUT2D eigenvalue weighted by Crippen LogP contribution is -2.46. The quantitative estimate of drug-likeness (QED) is 0.768. The molecule has 2 fully saturated rings. The minimum absolute atomic E-state index is 0.191. The normalized spacial score (nSPS) is 23.0. The van der Waals surface area contributed by atoms with Gasteiger partial charge in [-0.3, -0.25) is 4.90 Å². The largest absolute Gasteiger partial charge is 0.325 e. The van der Waals surface area contributed by atoms with E-state index in [1.165, 1.54) is 12.8 Å². The van der Waals surface area contributed by atoms with Crippen LogP contribution in [-0.2, 0) is 0 Å². The van der Waals surface area contributed by atoms with E-state index in [2.05, 4.69) is 32.6 Å². The molecular weight excluding hydrogens is 238 g/mol. The van der Waals surface area contributed by atoms with Crippen LogP contribution in [0.1, 0.15) is 47.0 Å². The fourth-order valence-electron chi connectivity index (χ4n) is 3.19. The Morgan fingerprint density at radius 2 is 1.68 bits per heavy atom. The maximum atomic E-state index is 12.4. The summed E-state index contributed by atoms with van der Waals surface area (Å²) in [5.41, 5.74) is 0.416. The maximum Gasteiger partial charge on any atom is 0.320 e. The summed E-state index contributed by atoms with van der Waals surface area (Å²) in [6, 6.07) is 1.05. The fourth-order valence-corrected chi connectivity index (χ4v) is 3.19. The van der Waals surface area contributed by atoms with Gasteiger partial charge in [-0.15, -0.1) is 0 Å². The molecule has 19 heavy (non-hydrogen) atoms. The maximum absolute atomic E-state index is 12.4. The SMILES string of the molecule is CC(C)N(C)C(=O)N1CCN(C(C)C)C2(CC1)CC2. The van der Waals surface area contributed by atoms with Crippen LogP contribution >= 0.6 is 0 Å². The molecule has 4 heteroatoms. The fraction of sp³-hybridized carbons (Fsp3) is 0.933. The van der Waals surface area contributed by atoms with Crippen LogP contribution in [0.3, 0.4) is 0 Å². The van der Waals surface area contributed by atoms with Gasteiger partial charge in [0.15, 0.2) is 0 Å². The highest BCUT2D eigenvalue weighted by Gasteiger charge is 2.49. The lowest BCUT2D eigenvalue weighted by atomic mass is 10.1. The van der Waals surface area contributed by atoms with Crippen molar-refractivity contribution in [2.24, 2.45) is 0 Å². The van der Waals surface area contributed by atoms with Crippen molar-refractivity contribution in [3.63, 3.8) is 0 Å². The molecule has 1 aliphatic heterocycles. The van der Waals surface area contributed by atoms with Gasteiger partial charge in [-0.1, -0.05) is 0 Å². The van der Waals surface area contributed by atoms with Crippen LogP contribution in [0, 0.1) is 0 Å². The minimum Gasteiger partial charge on any atom is -0.325 e. The Balaban J connectivity index is 2.02. The molecule has 1 spiro atoms. The van der Waals surface area contributed by atoms with Gasteiger partial charge in [-0.25, -0.2) is 4.79 Å². The average molecular weight is 267 g/mol. The van der Waals surface area contributed by atoms with E-state index in [1.54, 1.807) is 0 Å². The van der Waals surface area contributed by atoms with E-state index in [1.807, 2.05) is 16.8 Å². The Morgan fingerprint density at radius 1 is 1.05 bits per heavy atom. The van der Waals surface area contributed by atoms with Gasteiger partial charge < -0.3 is 9.80 Å². The monoisotopic (exact) mass is 267 g/mol. The lowest BCUT2D eigenvalue weighted by molar-refractivity contribution is 0.138. The Bertz CT molecular complexity index is 336. The highest BCUT2D eigenvalue weighted by atomic mass is 16.2. The summed E-state index contributed by atoms with van der Waals surface area (Å²) >= 11 is 0. The number of amides is 2. The summed E-state index contributed by atoms with van der Waals surface area (Å²) in [6.45, 7) is 11.5. The van der Waals surface area contributed by atoms with Crippen molar-refractivity contribution in [3.05, 3.63) is 0 Å². The zero-order chi connectivity index (χ0) is 14.2. The molecule has 0 aromatic heterocycles. The molecule has 0 N–H and O–H groups in total. The number of carbonyl (C=O) groups excluding carboxylic acids is 1. The zero-order valence-electron chi connectivity index (χ0n) is 13.1. The lowest BCUT2D eigenvalue weighted by Gasteiger charge is -2.33. The number of nitrogens with zero attached hydrogens (tertiary/aromatic N) is 3. The van der Waals surface area contributed by atoms with Crippen molar-refractivity contribution >= 4 is 6.03 Å². The Labute approximate surface area is 117 Å². The molecule has 1 aliphatic carbocycles. The second-order valence-corrected chi connectivity index (χ2v) is 6.74. The molecule has 2 rings (SSSR count). The molecular formula is C15H29N3O. The Hall–Kier alpha value is -0.770. The van der Waals surface area contributed by atoms with E-state index in [0.29, 0.717) is 11.6 Å². The smallest absolute Gasteiger partial charge is 0.320 e. The van der Waals surface area contributed by atoms with Crippen molar-refractivity contribution in [2.45, 2.75) is 64.6 Å². The first-order valence-electron chi connectivity index (χ1n) is 7.66. The van der Waals surface area contributed by atoms with Crippen molar-refractivity contribution in [3.8, 4) is 0 Å². The molecule has 110 valence electrons. The van der Waals surface area contributed by atoms with Crippen LogP contribution in [0.5, 0.6) is 0 Å². The number of hydrogen-bond donors (Lipinski definition) is 0. The van der Waals surface area contributed by atoms with Gasteiger partial charge in [0, 0.05) is 44.3 Å². The van der Waals surface area contributed by atoms with Crippen LogP contribution in [0.2, 0.25) is 0 Å². The molecule has 2 aliphatic rings. The summed E-state index contributed by atoms with van der Waals surface area (Å²) in [7, 11) is 1.91. The van der Waals surface area contributed by atoms with E-state index in [4.69, 9.17) is 0 Å². The zero-order valence-corrected chi connectivity index (χ0v) is 13.1. The number of carbonyl (C=O) groups is 1. The highest BCUT2D eigenvalue weighted by molar-refractivity contribution is 5.74. The van der Waals surface area contributed by atoms with Gasteiger partial charge in [0.2, 0.25) is 0 Å². The third-order valence-electron chi connectivity index (χ3n) is 4.86. The van der Waals surface area contributed by atoms with Gasteiger partial charge >= 0.3 is 6.03 Å². The molecule has 0 bridgehead atoms. The van der Waals surface area contributed by atoms with Crippen LogP contribution in [0.15, 0.2) is 0 Å². The van der Waals surface area contributed by atoms with Crippen molar-refractivity contribution in [2.75, 3.05) is 26.7 Å². The molecule has 1 heterocycles. The van der Waals surface area contributed by atoms with Gasteiger partial charge in [0.1, 0.15) is 0 Å². The van der Waals surface area contributed by atoms with E-state index >= 15 is 0 Å². The molecule has 0 atom stereocenters. The van der Waals surface area contributed by atoms with Gasteiger partial charge in [-0.05, 0) is 47.0 Å². The van der Waals surface area contributed by atoms with Crippen LogP contribution in [-0.4, -0.2) is 65.0 Å². The Morgan fingerprint density at radius 3 is 2.16 bits per heavy atom. The average Bonchev–Trinajstić information content (AvgIpc) is 3.14. The topological polar surface area (TPSA) is 26.8 Å². The molecule has 0 radical (unpaired) electrons. The van der Waals surface area contributed by atoms with E-state index in [0.717, 1.165) is 26.1 Å². The summed E-state index contributed by atoms with van der Waals surface area (Å²) in [6.07, 6.45) is 3.77. The molecule has 1 saturated carbocycles. The molecule has 4 nitrogen and oxygen atoms in total. The number of urea groups is 1. The highest BCUT2D eigenvalue weighted by Crippen LogP contribution is 2.46. The third-order valence-corrected chi connectivity index (χ3v) is 4.86. The Kier molecular flexibility index (Phi) is 4.09. The number of hydrogen-bond acceptors (Lipinski definition) is 2. The summed E-state index contributed by atoms with van der Waals surface area (Å²) in [4.78, 5) is 19.0.